The molecule has 6 nitrogen and oxygen atoms in total. The third-order valence-corrected chi connectivity index (χ3v) is 7.05. The number of nitrogens with zero attached hydrogens (tertiary/aromatic N) is 3. The van der Waals surface area contributed by atoms with Crippen LogP contribution in [0.3, 0.4) is 0 Å². The minimum absolute atomic E-state index is 0.0200. The van der Waals surface area contributed by atoms with Crippen molar-refractivity contribution in [1.29, 1.82) is 0 Å². The normalized spacial score (nSPS) is 18.1. The third-order valence-electron chi connectivity index (χ3n) is 6.50. The molecule has 0 saturated carbocycles. The van der Waals surface area contributed by atoms with Crippen molar-refractivity contribution < 1.29 is 9.53 Å². The van der Waals surface area contributed by atoms with Gasteiger partial charge in [-0.2, -0.15) is 0 Å². The lowest BCUT2D eigenvalue weighted by molar-refractivity contribution is -0.137. The molecular weight excluding hydrogens is 448 g/mol. The first kappa shape index (κ1) is 24.0. The fraction of sp³-hybridized carbons (Fsp3) is 0.333. The number of ether oxygens (including phenoxy) is 1. The Hall–Kier alpha value is -3.09. The summed E-state index contributed by atoms with van der Waals surface area (Å²) in [5.41, 5.74) is 4.01. The van der Waals surface area contributed by atoms with Gasteiger partial charge in [0.15, 0.2) is 0 Å². The number of rotatable bonds is 7. The first-order valence-corrected chi connectivity index (χ1v) is 11.7. The number of hydrogen-bond donors (Lipinski definition) is 1. The summed E-state index contributed by atoms with van der Waals surface area (Å²) in [6.45, 7) is 3.36. The van der Waals surface area contributed by atoms with Crippen LogP contribution in [0.2, 0.25) is 0 Å². The van der Waals surface area contributed by atoms with Crippen LogP contribution < -0.4 is 4.74 Å². The molecule has 0 saturated heterocycles. The lowest BCUT2D eigenvalue weighted by Gasteiger charge is -2.35. The average Bonchev–Trinajstić information content (AvgIpc) is 3.26. The first-order chi connectivity index (χ1) is 16.2. The van der Waals surface area contributed by atoms with Crippen LogP contribution in [-0.4, -0.2) is 67.0 Å². The summed E-state index contributed by atoms with van der Waals surface area (Å²) in [5, 5.41) is 1.56. The van der Waals surface area contributed by atoms with Crippen molar-refractivity contribution in [3.8, 4) is 16.9 Å². The highest BCUT2D eigenvalue weighted by Gasteiger charge is 2.41. The molecule has 1 N–H and O–H groups in total. The molecule has 1 aromatic carbocycles. The van der Waals surface area contributed by atoms with E-state index in [1.807, 2.05) is 76.9 Å². The number of hydrogen-bond acceptors (Lipinski definition) is 4. The number of carbonyl (C=O) groups is 1. The molecule has 1 aliphatic rings. The molecule has 7 heteroatoms. The van der Waals surface area contributed by atoms with E-state index in [1.165, 1.54) is 0 Å². The zero-order chi connectivity index (χ0) is 24.5. The van der Waals surface area contributed by atoms with E-state index in [0.29, 0.717) is 18.0 Å². The van der Waals surface area contributed by atoms with Crippen molar-refractivity contribution in [3.63, 3.8) is 0 Å². The van der Waals surface area contributed by atoms with Crippen molar-refractivity contribution in [3.05, 3.63) is 65.5 Å². The summed E-state index contributed by atoms with van der Waals surface area (Å²) in [7, 11) is 7.51. The zero-order valence-corrected chi connectivity index (χ0v) is 21.1. The van der Waals surface area contributed by atoms with Crippen molar-refractivity contribution >= 4 is 34.1 Å². The van der Waals surface area contributed by atoms with Crippen molar-refractivity contribution in [1.82, 2.24) is 19.8 Å². The number of carbonyl (C=O) groups excluding carboxylic acids is 1. The van der Waals surface area contributed by atoms with Crippen molar-refractivity contribution in [2.24, 2.45) is 5.41 Å². The maximum atomic E-state index is 13.4. The molecule has 34 heavy (non-hydrogen) atoms. The number of benzene rings is 1. The first-order valence-electron chi connectivity index (χ1n) is 11.3. The summed E-state index contributed by atoms with van der Waals surface area (Å²) >= 11 is 6.62. The molecule has 2 aromatic heterocycles. The number of H-pyrrole nitrogens is 1. The van der Waals surface area contributed by atoms with Crippen LogP contribution in [0.25, 0.3) is 27.7 Å². The summed E-state index contributed by atoms with van der Waals surface area (Å²) in [4.78, 5) is 25.2. The van der Waals surface area contributed by atoms with E-state index in [-0.39, 0.29) is 5.91 Å². The minimum atomic E-state index is -0.814. The number of amides is 1. The Kier molecular flexibility index (Phi) is 6.82. The van der Waals surface area contributed by atoms with Crippen molar-refractivity contribution in [2.45, 2.75) is 13.3 Å². The molecule has 0 aliphatic heterocycles. The topological polar surface area (TPSA) is 61.5 Å². The number of likely N-dealkylation sites (N-methyl/N-ethyl adjacent to an activating group) is 2. The maximum absolute atomic E-state index is 13.4. The number of aromatic amines is 1. The number of halogens is 1. The molecule has 3 aromatic rings. The third kappa shape index (κ3) is 4.48. The Morgan fingerprint density at radius 3 is 2.68 bits per heavy atom. The Balaban J connectivity index is 1.68. The highest BCUT2D eigenvalue weighted by molar-refractivity contribution is 6.32. The molecule has 1 atom stereocenters. The van der Waals surface area contributed by atoms with E-state index >= 15 is 0 Å². The Bertz CT molecular complexity index is 1280. The number of nitrogens with one attached hydrogen (secondary N) is 1. The summed E-state index contributed by atoms with van der Waals surface area (Å²) < 4.78 is 5.57. The average molecular weight is 479 g/mol. The molecule has 0 spiro atoms. The predicted octanol–water partition coefficient (Wildman–Crippen LogP) is 5.17. The number of para-hydroxylation sites is 1. The van der Waals surface area contributed by atoms with Gasteiger partial charge in [0.2, 0.25) is 5.91 Å². The van der Waals surface area contributed by atoms with E-state index in [9.17, 15) is 4.79 Å². The lowest BCUT2D eigenvalue weighted by atomic mass is 9.77. The second kappa shape index (κ2) is 9.65. The van der Waals surface area contributed by atoms with E-state index in [4.69, 9.17) is 16.3 Å². The van der Waals surface area contributed by atoms with Gasteiger partial charge in [-0.05, 0) is 56.8 Å². The van der Waals surface area contributed by atoms with Crippen LogP contribution >= 0.6 is 11.6 Å². The number of methoxy groups -OCH3 is 1. The van der Waals surface area contributed by atoms with Gasteiger partial charge in [-0.25, -0.2) is 4.98 Å². The lowest BCUT2D eigenvalue weighted by Crippen LogP contribution is -2.43. The molecular formula is C27H31ClN4O2. The Morgan fingerprint density at radius 2 is 1.94 bits per heavy atom. The molecule has 0 fully saturated rings. The monoisotopic (exact) mass is 478 g/mol. The molecule has 2 heterocycles. The van der Waals surface area contributed by atoms with Crippen LogP contribution in [-0.2, 0) is 4.79 Å². The number of allylic oxidation sites excluding steroid dienone is 3. The molecule has 1 amide bonds. The van der Waals surface area contributed by atoms with E-state index in [0.717, 1.165) is 45.6 Å². The van der Waals surface area contributed by atoms with Gasteiger partial charge in [0.1, 0.15) is 11.4 Å². The second-order valence-corrected chi connectivity index (χ2v) is 9.68. The number of fused-ring (bicyclic) bond motifs is 1. The Labute approximate surface area is 205 Å². The van der Waals surface area contributed by atoms with Crippen LogP contribution in [0, 0.1) is 5.41 Å². The standard InChI is InChI=1S/C27H31ClN4O2/c1-27(26(33)32(4)13-12-31(2)3)15-18(10-11-24(27)28)19-14-21-22(17-30-25(21)29-16-19)20-8-6-7-9-23(20)34-5/h6-11,14,16-17H,12-13,15H2,1-5H3,(H,29,30). The smallest absolute Gasteiger partial charge is 0.233 e. The number of pyridine rings is 1. The van der Waals surface area contributed by atoms with Crippen molar-refractivity contribution in [2.75, 3.05) is 41.3 Å². The molecule has 178 valence electrons. The van der Waals surface area contributed by atoms with Crippen LogP contribution in [0.4, 0.5) is 0 Å². The second-order valence-electron chi connectivity index (χ2n) is 9.27. The van der Waals surface area contributed by atoms with Gasteiger partial charge in [-0.1, -0.05) is 35.9 Å². The molecule has 1 unspecified atom stereocenters. The van der Waals surface area contributed by atoms with E-state index in [2.05, 4.69) is 20.9 Å². The molecule has 4 rings (SSSR count). The van der Waals surface area contributed by atoms with Crippen LogP contribution in [0.15, 0.2) is 59.9 Å². The molecule has 1 aliphatic carbocycles. The minimum Gasteiger partial charge on any atom is -0.496 e. The molecule has 0 radical (unpaired) electrons. The summed E-state index contributed by atoms with van der Waals surface area (Å²) in [5.74, 6) is 0.825. The largest absolute Gasteiger partial charge is 0.496 e. The summed E-state index contributed by atoms with van der Waals surface area (Å²) in [6, 6.07) is 10.1. The maximum Gasteiger partial charge on any atom is 0.233 e. The fourth-order valence-electron chi connectivity index (χ4n) is 4.40. The van der Waals surface area contributed by atoms with E-state index in [1.54, 1.807) is 12.0 Å². The van der Waals surface area contributed by atoms with Gasteiger partial charge in [-0.3, -0.25) is 4.79 Å². The van der Waals surface area contributed by atoms with Gasteiger partial charge in [-0.15, -0.1) is 0 Å². The van der Waals surface area contributed by atoms with Gasteiger partial charge in [0.05, 0.1) is 12.5 Å². The zero-order valence-electron chi connectivity index (χ0n) is 20.4. The molecule has 0 bridgehead atoms. The van der Waals surface area contributed by atoms with E-state index < -0.39 is 5.41 Å². The van der Waals surface area contributed by atoms with Gasteiger partial charge < -0.3 is 19.5 Å². The fourth-order valence-corrected chi connectivity index (χ4v) is 4.61. The highest BCUT2D eigenvalue weighted by atomic mass is 35.5. The van der Waals surface area contributed by atoms with Gasteiger partial charge in [0, 0.05) is 54.1 Å². The number of aromatic nitrogens is 2. The van der Waals surface area contributed by atoms with Crippen LogP contribution in [0.5, 0.6) is 5.75 Å². The van der Waals surface area contributed by atoms with Crippen LogP contribution in [0.1, 0.15) is 18.9 Å². The van der Waals surface area contributed by atoms with Gasteiger partial charge >= 0.3 is 0 Å². The Morgan fingerprint density at radius 1 is 1.18 bits per heavy atom. The predicted molar refractivity (Wildman–Crippen MR) is 139 cm³/mol. The quantitative estimate of drug-likeness (QED) is 0.508. The highest BCUT2D eigenvalue weighted by Crippen LogP contribution is 2.44. The summed E-state index contributed by atoms with van der Waals surface area (Å²) in [6.07, 6.45) is 8.16. The van der Waals surface area contributed by atoms with Gasteiger partial charge in [0.25, 0.3) is 0 Å². The SMILES string of the molecule is COc1ccccc1-c1c[nH]c2ncc(C3=CC=C(Cl)C(C)(C(=O)N(C)CCN(C)C)C3)cc12.